The number of carbonyl (C=O) groups is 2. The van der Waals surface area contributed by atoms with Crippen molar-refractivity contribution in [2.75, 3.05) is 37.8 Å². The molecule has 1 rings (SSSR count). The van der Waals surface area contributed by atoms with Crippen LogP contribution in [0.25, 0.3) is 0 Å². The molecule has 1 saturated heterocycles. The van der Waals surface area contributed by atoms with E-state index in [0.29, 0.717) is 11.5 Å². The lowest BCUT2D eigenvalue weighted by molar-refractivity contribution is -0.173. The minimum Gasteiger partial charge on any atom is -0.480 e. The Balaban J connectivity index is 2.29. The quantitative estimate of drug-likeness (QED) is 0.733. The highest BCUT2D eigenvalue weighted by atomic mass is 32.2. The van der Waals surface area contributed by atoms with E-state index in [2.05, 4.69) is 10.1 Å². The van der Waals surface area contributed by atoms with Gasteiger partial charge in [0.05, 0.1) is 6.61 Å². The van der Waals surface area contributed by atoms with Gasteiger partial charge in [-0.25, -0.2) is 9.59 Å². The van der Waals surface area contributed by atoms with Gasteiger partial charge >= 0.3 is 18.2 Å². The van der Waals surface area contributed by atoms with Crippen LogP contribution >= 0.6 is 11.8 Å². The lowest BCUT2D eigenvalue weighted by Crippen LogP contribution is -2.54. The summed E-state index contributed by atoms with van der Waals surface area (Å²) in [6, 6.07) is -1.52. The van der Waals surface area contributed by atoms with E-state index >= 15 is 0 Å². The van der Waals surface area contributed by atoms with Crippen molar-refractivity contribution in [2.45, 2.75) is 12.2 Å². The molecule has 2 amide bonds. The third kappa shape index (κ3) is 5.87. The third-order valence-electron chi connectivity index (χ3n) is 2.46. The zero-order valence-electron chi connectivity index (χ0n) is 10.5. The summed E-state index contributed by atoms with van der Waals surface area (Å²) in [4.78, 5) is 23.9. The lowest BCUT2D eigenvalue weighted by atomic mass is 10.3. The maximum Gasteiger partial charge on any atom is 0.411 e. The number of ether oxygens (including phenoxy) is 1. The Morgan fingerprint density at radius 1 is 1.45 bits per heavy atom. The maximum absolute atomic E-state index is 11.8. The Morgan fingerprint density at radius 3 is 2.75 bits per heavy atom. The summed E-state index contributed by atoms with van der Waals surface area (Å²) in [5, 5.41) is 11.3. The highest BCUT2D eigenvalue weighted by Gasteiger charge is 2.32. The molecule has 20 heavy (non-hydrogen) atoms. The number of nitrogens with zero attached hydrogens (tertiary/aromatic N) is 1. The van der Waals surface area contributed by atoms with Gasteiger partial charge in [0, 0.05) is 24.6 Å². The lowest BCUT2D eigenvalue weighted by Gasteiger charge is -2.32. The Morgan fingerprint density at radius 2 is 2.15 bits per heavy atom. The molecule has 0 saturated carbocycles. The van der Waals surface area contributed by atoms with Crippen LogP contribution in [0.4, 0.5) is 18.0 Å². The number of halogens is 3. The van der Waals surface area contributed by atoms with Crippen molar-refractivity contribution >= 4 is 23.8 Å². The molecule has 1 aliphatic rings. The van der Waals surface area contributed by atoms with Gasteiger partial charge in [-0.15, -0.1) is 0 Å². The van der Waals surface area contributed by atoms with Gasteiger partial charge in [0.2, 0.25) is 0 Å². The number of amides is 2. The number of aliphatic carboxylic acids is 1. The standard InChI is InChI=1S/C10H15F3N2O4S/c11-10(12,13)6-19-3-1-14-9(18)15-2-4-20-5-7(15)8(16)17/h7H,1-6H2,(H,14,18)(H,16,17). The molecule has 0 aromatic carbocycles. The number of thioether (sulfide) groups is 1. The van der Waals surface area contributed by atoms with E-state index < -0.39 is 30.8 Å². The SMILES string of the molecule is O=C(O)C1CSCCN1C(=O)NCCOCC(F)(F)F. The monoisotopic (exact) mass is 316 g/mol. The van der Waals surface area contributed by atoms with Crippen molar-refractivity contribution < 1.29 is 32.6 Å². The van der Waals surface area contributed by atoms with Crippen molar-refractivity contribution in [3.63, 3.8) is 0 Å². The molecule has 116 valence electrons. The molecular formula is C10H15F3N2O4S. The van der Waals surface area contributed by atoms with E-state index in [1.807, 2.05) is 0 Å². The van der Waals surface area contributed by atoms with Gasteiger partial charge in [-0.1, -0.05) is 0 Å². The minimum absolute atomic E-state index is 0.106. The molecule has 0 spiro atoms. The van der Waals surface area contributed by atoms with Crippen LogP contribution in [0.3, 0.4) is 0 Å². The minimum atomic E-state index is -4.40. The Kier molecular flexibility index (Phi) is 6.40. The summed E-state index contributed by atoms with van der Waals surface area (Å²) in [5.74, 6) is -0.171. The fourth-order valence-corrected chi connectivity index (χ4v) is 2.61. The average molecular weight is 316 g/mol. The summed E-state index contributed by atoms with van der Waals surface area (Å²) in [6.07, 6.45) is -4.40. The van der Waals surface area contributed by atoms with Gasteiger partial charge in [-0.3, -0.25) is 0 Å². The number of carboxylic acids is 1. The molecule has 0 radical (unpaired) electrons. The highest BCUT2D eigenvalue weighted by Crippen LogP contribution is 2.16. The van der Waals surface area contributed by atoms with E-state index in [0.717, 1.165) is 0 Å². The predicted molar refractivity (Wildman–Crippen MR) is 65.7 cm³/mol. The first-order valence-electron chi connectivity index (χ1n) is 5.81. The maximum atomic E-state index is 11.8. The second-order valence-corrected chi connectivity index (χ2v) is 5.17. The molecule has 1 heterocycles. The molecule has 1 unspecified atom stereocenters. The Bertz CT molecular complexity index is 354. The van der Waals surface area contributed by atoms with E-state index in [1.54, 1.807) is 0 Å². The first-order valence-corrected chi connectivity index (χ1v) is 6.96. The number of nitrogens with one attached hydrogen (secondary N) is 1. The Hall–Kier alpha value is -1.16. The molecule has 0 aromatic heterocycles. The second kappa shape index (κ2) is 7.58. The largest absolute Gasteiger partial charge is 0.480 e. The van der Waals surface area contributed by atoms with Crippen molar-refractivity contribution in [1.29, 1.82) is 0 Å². The fraction of sp³-hybridized carbons (Fsp3) is 0.800. The fourth-order valence-electron chi connectivity index (χ4n) is 1.57. The molecule has 1 fully saturated rings. The first-order chi connectivity index (χ1) is 9.31. The number of hydrogen-bond acceptors (Lipinski definition) is 4. The molecule has 6 nitrogen and oxygen atoms in total. The zero-order valence-corrected chi connectivity index (χ0v) is 11.3. The van der Waals surface area contributed by atoms with E-state index in [-0.39, 0.29) is 19.7 Å². The van der Waals surface area contributed by atoms with Crippen LogP contribution < -0.4 is 5.32 Å². The van der Waals surface area contributed by atoms with Crippen molar-refractivity contribution in [1.82, 2.24) is 10.2 Å². The average Bonchev–Trinajstić information content (AvgIpc) is 2.36. The highest BCUT2D eigenvalue weighted by molar-refractivity contribution is 7.99. The van der Waals surface area contributed by atoms with Crippen molar-refractivity contribution in [3.8, 4) is 0 Å². The Labute approximate surface area is 117 Å². The summed E-state index contributed by atoms with van der Waals surface area (Å²) < 4.78 is 39.7. The van der Waals surface area contributed by atoms with Gasteiger partial charge in [0.15, 0.2) is 0 Å². The van der Waals surface area contributed by atoms with E-state index in [4.69, 9.17) is 5.11 Å². The van der Waals surface area contributed by atoms with Crippen LogP contribution in [0.15, 0.2) is 0 Å². The van der Waals surface area contributed by atoms with Gasteiger partial charge in [0.1, 0.15) is 12.6 Å². The molecule has 0 aliphatic carbocycles. The zero-order chi connectivity index (χ0) is 15.2. The van der Waals surface area contributed by atoms with Crippen LogP contribution in [0.2, 0.25) is 0 Å². The number of carbonyl (C=O) groups excluding carboxylic acids is 1. The van der Waals surface area contributed by atoms with Crippen LogP contribution in [-0.4, -0.2) is 72.0 Å². The van der Waals surface area contributed by atoms with Gasteiger partial charge in [-0.2, -0.15) is 24.9 Å². The molecule has 1 atom stereocenters. The summed E-state index contributed by atoms with van der Waals surface area (Å²) >= 11 is 1.44. The number of urea groups is 1. The van der Waals surface area contributed by atoms with E-state index in [9.17, 15) is 22.8 Å². The summed E-state index contributed by atoms with van der Waals surface area (Å²) in [5.41, 5.74) is 0. The summed E-state index contributed by atoms with van der Waals surface area (Å²) in [7, 11) is 0. The summed E-state index contributed by atoms with van der Waals surface area (Å²) in [6.45, 7) is -1.48. The van der Waals surface area contributed by atoms with Crippen LogP contribution in [0.5, 0.6) is 0 Å². The predicted octanol–water partition coefficient (Wildman–Crippen LogP) is 0.777. The molecule has 1 aliphatic heterocycles. The van der Waals surface area contributed by atoms with Crippen LogP contribution in [-0.2, 0) is 9.53 Å². The molecule has 10 heteroatoms. The number of rotatable bonds is 5. The van der Waals surface area contributed by atoms with Crippen molar-refractivity contribution in [3.05, 3.63) is 0 Å². The molecule has 0 aromatic rings. The number of hydrogen-bond donors (Lipinski definition) is 2. The first kappa shape index (κ1) is 16.9. The van der Waals surface area contributed by atoms with Crippen molar-refractivity contribution in [2.24, 2.45) is 0 Å². The molecular weight excluding hydrogens is 301 g/mol. The third-order valence-corrected chi connectivity index (χ3v) is 3.49. The number of carboxylic acid groups (broad SMARTS) is 1. The topological polar surface area (TPSA) is 78.9 Å². The molecule has 0 bridgehead atoms. The smallest absolute Gasteiger partial charge is 0.411 e. The van der Waals surface area contributed by atoms with Gasteiger partial charge in [-0.05, 0) is 0 Å². The van der Waals surface area contributed by atoms with Gasteiger partial charge in [0.25, 0.3) is 0 Å². The normalized spacial score (nSPS) is 19.8. The second-order valence-electron chi connectivity index (χ2n) is 4.02. The van der Waals surface area contributed by atoms with E-state index in [1.165, 1.54) is 16.7 Å². The van der Waals surface area contributed by atoms with Gasteiger partial charge < -0.3 is 20.1 Å². The van der Waals surface area contributed by atoms with Crippen LogP contribution in [0, 0.1) is 0 Å². The molecule has 2 N–H and O–H groups in total. The number of alkyl halides is 3. The van der Waals surface area contributed by atoms with Crippen LogP contribution in [0.1, 0.15) is 0 Å².